The van der Waals surface area contributed by atoms with E-state index in [0.717, 1.165) is 30.7 Å². The lowest BCUT2D eigenvalue weighted by Gasteiger charge is -2.08. The van der Waals surface area contributed by atoms with Crippen LogP contribution in [-0.4, -0.2) is 16.5 Å². The van der Waals surface area contributed by atoms with Gasteiger partial charge in [-0.05, 0) is 24.6 Å². The molecule has 1 aromatic heterocycles. The molecule has 1 heterocycles. The molecule has 110 valence electrons. The van der Waals surface area contributed by atoms with Crippen molar-refractivity contribution in [2.45, 2.75) is 13.3 Å². The van der Waals surface area contributed by atoms with E-state index >= 15 is 0 Å². The quantitative estimate of drug-likeness (QED) is 0.673. The van der Waals surface area contributed by atoms with Gasteiger partial charge < -0.3 is 5.32 Å². The van der Waals surface area contributed by atoms with Gasteiger partial charge in [-0.1, -0.05) is 6.92 Å². The fourth-order valence-corrected chi connectivity index (χ4v) is 1.80. The summed E-state index contributed by atoms with van der Waals surface area (Å²) in [5.74, 6) is -1.07. The summed E-state index contributed by atoms with van der Waals surface area (Å²) in [6, 6.07) is 5.28. The number of nitro groups is 1. The first-order chi connectivity index (χ1) is 10.0. The number of nitrogens with zero attached hydrogens (tertiary/aromatic N) is 2. The van der Waals surface area contributed by atoms with Crippen LogP contribution < -0.4 is 5.32 Å². The lowest BCUT2D eigenvalue weighted by Crippen LogP contribution is -2.04. The van der Waals surface area contributed by atoms with Crippen LogP contribution in [0.1, 0.15) is 13.3 Å². The Morgan fingerprint density at radius 2 is 2.05 bits per heavy atom. The molecule has 0 atom stereocenters. The summed E-state index contributed by atoms with van der Waals surface area (Å²) in [4.78, 5) is 14.5. The Balaban J connectivity index is 2.53. The van der Waals surface area contributed by atoms with E-state index in [0.29, 0.717) is 6.54 Å². The molecular formula is C14H13F2N3O2. The predicted molar refractivity (Wildman–Crippen MR) is 75.0 cm³/mol. The molecule has 1 N–H and O–H groups in total. The standard InChI is InChI=1S/C14H13F2N3O2/c1-2-5-17-14-8-10(19(20)21)7-13(18-14)11-6-9(15)3-4-12(11)16/h3-4,6-8H,2,5H2,1H3,(H,17,18). The van der Waals surface area contributed by atoms with Crippen LogP contribution in [0.15, 0.2) is 30.3 Å². The molecule has 0 amide bonds. The third kappa shape index (κ3) is 3.50. The molecule has 21 heavy (non-hydrogen) atoms. The largest absolute Gasteiger partial charge is 0.370 e. The Labute approximate surface area is 119 Å². The maximum atomic E-state index is 13.8. The van der Waals surface area contributed by atoms with Crippen LogP contribution in [0.3, 0.4) is 0 Å². The van der Waals surface area contributed by atoms with Crippen molar-refractivity contribution in [3.63, 3.8) is 0 Å². The highest BCUT2D eigenvalue weighted by molar-refractivity contribution is 5.66. The van der Waals surface area contributed by atoms with Gasteiger partial charge in [-0.3, -0.25) is 10.1 Å². The van der Waals surface area contributed by atoms with Gasteiger partial charge in [-0.25, -0.2) is 13.8 Å². The van der Waals surface area contributed by atoms with Gasteiger partial charge in [0.1, 0.15) is 17.5 Å². The molecule has 2 rings (SSSR count). The Morgan fingerprint density at radius 3 is 2.71 bits per heavy atom. The summed E-state index contributed by atoms with van der Waals surface area (Å²) >= 11 is 0. The average molecular weight is 293 g/mol. The monoisotopic (exact) mass is 293 g/mol. The Hall–Kier alpha value is -2.57. The highest BCUT2D eigenvalue weighted by Gasteiger charge is 2.15. The number of anilines is 1. The molecule has 0 aliphatic heterocycles. The van der Waals surface area contributed by atoms with Crippen molar-refractivity contribution in [2.24, 2.45) is 0 Å². The van der Waals surface area contributed by atoms with Crippen molar-refractivity contribution < 1.29 is 13.7 Å². The topological polar surface area (TPSA) is 68.1 Å². The molecule has 0 aliphatic carbocycles. The van der Waals surface area contributed by atoms with Crippen molar-refractivity contribution in [3.05, 3.63) is 52.1 Å². The fourth-order valence-electron chi connectivity index (χ4n) is 1.80. The lowest BCUT2D eigenvalue weighted by molar-refractivity contribution is -0.384. The minimum absolute atomic E-state index is 0.0137. The zero-order valence-electron chi connectivity index (χ0n) is 11.3. The summed E-state index contributed by atoms with van der Waals surface area (Å²) in [6.07, 6.45) is 0.800. The zero-order valence-corrected chi connectivity index (χ0v) is 11.3. The van der Waals surface area contributed by atoms with E-state index in [1.165, 1.54) is 6.07 Å². The van der Waals surface area contributed by atoms with Crippen LogP contribution in [0.25, 0.3) is 11.3 Å². The molecule has 7 heteroatoms. The van der Waals surface area contributed by atoms with Gasteiger partial charge in [0, 0.05) is 18.2 Å². The first-order valence-electron chi connectivity index (χ1n) is 6.37. The van der Waals surface area contributed by atoms with Gasteiger partial charge in [0.2, 0.25) is 0 Å². The van der Waals surface area contributed by atoms with Gasteiger partial charge >= 0.3 is 0 Å². The third-order valence-corrected chi connectivity index (χ3v) is 2.78. The van der Waals surface area contributed by atoms with E-state index in [4.69, 9.17) is 0 Å². The maximum absolute atomic E-state index is 13.8. The summed E-state index contributed by atoms with van der Waals surface area (Å²) in [5.41, 5.74) is -0.333. The number of pyridine rings is 1. The Bertz CT molecular complexity index is 677. The normalized spacial score (nSPS) is 10.4. The average Bonchev–Trinajstić information content (AvgIpc) is 2.47. The van der Waals surface area contributed by atoms with E-state index in [1.807, 2.05) is 6.92 Å². The van der Waals surface area contributed by atoms with Crippen LogP contribution >= 0.6 is 0 Å². The van der Waals surface area contributed by atoms with Crippen LogP contribution in [-0.2, 0) is 0 Å². The summed E-state index contributed by atoms with van der Waals surface area (Å²) < 4.78 is 27.0. The molecule has 0 bridgehead atoms. The van der Waals surface area contributed by atoms with Gasteiger partial charge in [0.05, 0.1) is 16.7 Å². The molecule has 0 spiro atoms. The maximum Gasteiger partial charge on any atom is 0.275 e. The molecular weight excluding hydrogens is 280 g/mol. The summed E-state index contributed by atoms with van der Waals surface area (Å²) in [6.45, 7) is 2.50. The first kappa shape index (κ1) is 14.8. The molecule has 2 aromatic rings. The minimum atomic E-state index is -0.689. The fraction of sp³-hybridized carbons (Fsp3) is 0.214. The molecule has 0 aliphatic rings. The van der Waals surface area contributed by atoms with E-state index in [9.17, 15) is 18.9 Å². The van der Waals surface area contributed by atoms with Gasteiger partial charge in [0.15, 0.2) is 0 Å². The van der Waals surface area contributed by atoms with E-state index < -0.39 is 16.6 Å². The van der Waals surface area contributed by atoms with Crippen LogP contribution in [0.4, 0.5) is 20.3 Å². The molecule has 0 saturated heterocycles. The van der Waals surface area contributed by atoms with Crippen molar-refractivity contribution in [3.8, 4) is 11.3 Å². The number of rotatable bonds is 5. The molecule has 0 saturated carbocycles. The second-order valence-corrected chi connectivity index (χ2v) is 4.40. The number of hydrogen-bond acceptors (Lipinski definition) is 4. The smallest absolute Gasteiger partial charge is 0.275 e. The molecule has 0 unspecified atom stereocenters. The number of benzene rings is 1. The lowest BCUT2D eigenvalue weighted by atomic mass is 10.1. The SMILES string of the molecule is CCCNc1cc([N+](=O)[O-])cc(-c2cc(F)ccc2F)n1. The van der Waals surface area contributed by atoms with E-state index in [1.54, 1.807) is 0 Å². The van der Waals surface area contributed by atoms with Gasteiger partial charge in [-0.15, -0.1) is 0 Å². The van der Waals surface area contributed by atoms with Crippen LogP contribution in [0, 0.1) is 21.7 Å². The van der Waals surface area contributed by atoms with E-state index in [-0.39, 0.29) is 22.8 Å². The molecule has 0 radical (unpaired) electrons. The third-order valence-electron chi connectivity index (χ3n) is 2.78. The molecule has 5 nitrogen and oxygen atoms in total. The Kier molecular flexibility index (Phi) is 4.42. The zero-order chi connectivity index (χ0) is 15.4. The molecule has 1 aromatic carbocycles. The predicted octanol–water partition coefficient (Wildman–Crippen LogP) is 3.76. The van der Waals surface area contributed by atoms with Crippen molar-refractivity contribution in [1.29, 1.82) is 0 Å². The number of halogens is 2. The second-order valence-electron chi connectivity index (χ2n) is 4.40. The van der Waals surface area contributed by atoms with E-state index in [2.05, 4.69) is 10.3 Å². The highest BCUT2D eigenvalue weighted by atomic mass is 19.1. The van der Waals surface area contributed by atoms with Gasteiger partial charge in [0.25, 0.3) is 5.69 Å². The Morgan fingerprint density at radius 1 is 1.29 bits per heavy atom. The highest BCUT2D eigenvalue weighted by Crippen LogP contribution is 2.27. The van der Waals surface area contributed by atoms with Crippen molar-refractivity contribution >= 4 is 11.5 Å². The van der Waals surface area contributed by atoms with Crippen LogP contribution in [0.5, 0.6) is 0 Å². The summed E-state index contributed by atoms with van der Waals surface area (Å²) in [5, 5.41) is 13.8. The number of nitrogens with one attached hydrogen (secondary N) is 1. The van der Waals surface area contributed by atoms with Crippen LogP contribution in [0.2, 0.25) is 0 Å². The van der Waals surface area contributed by atoms with Crippen molar-refractivity contribution in [2.75, 3.05) is 11.9 Å². The van der Waals surface area contributed by atoms with Gasteiger partial charge in [-0.2, -0.15) is 0 Å². The second kappa shape index (κ2) is 6.25. The minimum Gasteiger partial charge on any atom is -0.370 e. The number of aromatic nitrogens is 1. The van der Waals surface area contributed by atoms with Crippen molar-refractivity contribution in [1.82, 2.24) is 4.98 Å². The molecule has 0 fully saturated rings. The first-order valence-corrected chi connectivity index (χ1v) is 6.37. The summed E-state index contributed by atoms with van der Waals surface area (Å²) in [7, 11) is 0. The number of hydrogen-bond donors (Lipinski definition) is 1.